The molecule has 0 aromatic heterocycles. The molecule has 2 aromatic rings. The molecule has 2 aliphatic rings. The summed E-state index contributed by atoms with van der Waals surface area (Å²) in [6.45, 7) is 3.43. The van der Waals surface area contributed by atoms with E-state index in [1.165, 1.54) is 12.1 Å². The summed E-state index contributed by atoms with van der Waals surface area (Å²) in [6.07, 6.45) is 1.14. The van der Waals surface area contributed by atoms with Gasteiger partial charge in [0, 0.05) is 43.4 Å². The first-order chi connectivity index (χ1) is 15.3. The monoisotopic (exact) mass is 464 g/mol. The lowest BCUT2D eigenvalue weighted by molar-refractivity contribution is -0.0742. The van der Waals surface area contributed by atoms with E-state index in [1.54, 1.807) is 30.3 Å². The number of halogens is 2. The maximum atomic E-state index is 13.5. The molecule has 0 saturated carbocycles. The third-order valence-electron chi connectivity index (χ3n) is 6.15. The number of piperidine rings is 1. The quantitative estimate of drug-likeness (QED) is 0.685. The Hall–Kier alpha value is -1.90. The molecule has 0 amide bonds. The molecule has 0 bridgehead atoms. The van der Waals surface area contributed by atoms with Crippen LogP contribution in [0.2, 0.25) is 5.02 Å². The minimum absolute atomic E-state index is 0.0803. The zero-order chi connectivity index (χ0) is 22.6. The van der Waals surface area contributed by atoms with Gasteiger partial charge in [-0.2, -0.15) is 0 Å². The standard InChI is InChI=1S/C24H30ClFN2O4/c25-19-4-6-22(7-5-19)32-18-24(30)16-27(12-13-31-17-24)15-23(29)8-10-28(11-9-23)21-3-1-2-20(26)14-21/h1-7,14,29-30H,8-13,15-18H2/t24-/m0/s1. The molecular weight excluding hydrogens is 435 g/mol. The predicted molar refractivity (Wildman–Crippen MR) is 122 cm³/mol. The van der Waals surface area contributed by atoms with E-state index in [2.05, 4.69) is 9.80 Å². The van der Waals surface area contributed by atoms with Crippen molar-refractivity contribution in [2.24, 2.45) is 0 Å². The summed E-state index contributed by atoms with van der Waals surface area (Å²) in [5.41, 5.74) is -1.22. The predicted octanol–water partition coefficient (Wildman–Crippen LogP) is 2.95. The molecule has 2 fully saturated rings. The van der Waals surface area contributed by atoms with Gasteiger partial charge < -0.3 is 24.6 Å². The molecule has 8 heteroatoms. The molecule has 32 heavy (non-hydrogen) atoms. The van der Waals surface area contributed by atoms with Crippen molar-refractivity contribution in [1.82, 2.24) is 4.90 Å². The van der Waals surface area contributed by atoms with E-state index in [4.69, 9.17) is 21.1 Å². The normalized spacial score (nSPS) is 24.2. The van der Waals surface area contributed by atoms with Crippen LogP contribution in [-0.2, 0) is 4.74 Å². The Morgan fingerprint density at radius 3 is 2.50 bits per heavy atom. The molecule has 0 radical (unpaired) electrons. The Kier molecular flexibility index (Phi) is 7.22. The van der Waals surface area contributed by atoms with Crippen molar-refractivity contribution in [2.75, 3.05) is 57.4 Å². The smallest absolute Gasteiger partial charge is 0.134 e. The fourth-order valence-corrected chi connectivity index (χ4v) is 4.52. The highest BCUT2D eigenvalue weighted by Gasteiger charge is 2.39. The van der Waals surface area contributed by atoms with Crippen LogP contribution in [0.3, 0.4) is 0 Å². The van der Waals surface area contributed by atoms with Gasteiger partial charge in [0.05, 0.1) is 18.8 Å². The van der Waals surface area contributed by atoms with Crippen molar-refractivity contribution >= 4 is 17.3 Å². The number of nitrogens with zero attached hydrogens (tertiary/aromatic N) is 2. The Morgan fingerprint density at radius 2 is 1.78 bits per heavy atom. The lowest BCUT2D eigenvalue weighted by atomic mass is 9.90. The van der Waals surface area contributed by atoms with Crippen LogP contribution >= 0.6 is 11.6 Å². The number of rotatable bonds is 6. The van der Waals surface area contributed by atoms with Gasteiger partial charge in [0.25, 0.3) is 0 Å². The highest BCUT2D eigenvalue weighted by molar-refractivity contribution is 6.30. The van der Waals surface area contributed by atoms with E-state index >= 15 is 0 Å². The number of β-amino-alcohol motifs (C(OH)–C–C–N with tert-alkyl or cyclic N) is 2. The maximum Gasteiger partial charge on any atom is 0.134 e. The molecule has 0 aliphatic carbocycles. The molecule has 0 spiro atoms. The summed E-state index contributed by atoms with van der Waals surface area (Å²) in [4.78, 5) is 4.15. The van der Waals surface area contributed by atoms with Crippen LogP contribution in [0.4, 0.5) is 10.1 Å². The molecule has 6 nitrogen and oxygen atoms in total. The number of hydrogen-bond donors (Lipinski definition) is 2. The minimum Gasteiger partial charge on any atom is -0.490 e. The van der Waals surface area contributed by atoms with Crippen LogP contribution in [0.5, 0.6) is 5.75 Å². The van der Waals surface area contributed by atoms with Gasteiger partial charge in [-0.1, -0.05) is 17.7 Å². The van der Waals surface area contributed by atoms with Crippen molar-refractivity contribution < 1.29 is 24.1 Å². The van der Waals surface area contributed by atoms with Crippen molar-refractivity contribution in [3.63, 3.8) is 0 Å². The Bertz CT molecular complexity index is 892. The fourth-order valence-electron chi connectivity index (χ4n) is 4.40. The Morgan fingerprint density at radius 1 is 1.03 bits per heavy atom. The largest absolute Gasteiger partial charge is 0.490 e. The van der Waals surface area contributed by atoms with E-state index in [0.29, 0.717) is 62.9 Å². The first-order valence-corrected chi connectivity index (χ1v) is 11.3. The van der Waals surface area contributed by atoms with E-state index in [-0.39, 0.29) is 19.0 Å². The van der Waals surface area contributed by atoms with Gasteiger partial charge in [-0.15, -0.1) is 0 Å². The third-order valence-corrected chi connectivity index (χ3v) is 6.40. The lowest BCUT2D eigenvalue weighted by Crippen LogP contribution is -2.55. The van der Waals surface area contributed by atoms with Crippen LogP contribution < -0.4 is 9.64 Å². The molecule has 174 valence electrons. The first-order valence-electron chi connectivity index (χ1n) is 11.0. The van der Waals surface area contributed by atoms with Gasteiger partial charge in [0.2, 0.25) is 0 Å². The number of hydrogen-bond acceptors (Lipinski definition) is 6. The highest BCUT2D eigenvalue weighted by Crippen LogP contribution is 2.28. The summed E-state index contributed by atoms with van der Waals surface area (Å²) in [7, 11) is 0. The first kappa shape index (κ1) is 23.3. The average molecular weight is 465 g/mol. The van der Waals surface area contributed by atoms with Crippen LogP contribution in [0, 0.1) is 5.82 Å². The SMILES string of the molecule is OC1(CN2CCOC[C@](O)(COc3ccc(Cl)cc3)C2)CCN(c2cccc(F)c2)CC1. The van der Waals surface area contributed by atoms with Crippen LogP contribution in [0.1, 0.15) is 12.8 Å². The second kappa shape index (κ2) is 9.93. The molecule has 2 saturated heterocycles. The van der Waals surface area contributed by atoms with Crippen LogP contribution in [-0.4, -0.2) is 78.9 Å². The number of aliphatic hydroxyl groups is 2. The van der Waals surface area contributed by atoms with Crippen molar-refractivity contribution in [3.05, 3.63) is 59.4 Å². The summed E-state index contributed by atoms with van der Waals surface area (Å²) < 4.78 is 25.0. The molecule has 2 aliphatic heterocycles. The molecular formula is C24H30ClFN2O4. The molecule has 2 N–H and O–H groups in total. The zero-order valence-electron chi connectivity index (χ0n) is 18.1. The molecule has 1 atom stereocenters. The zero-order valence-corrected chi connectivity index (χ0v) is 18.8. The molecule has 2 heterocycles. The fraction of sp³-hybridized carbons (Fsp3) is 0.500. The van der Waals surface area contributed by atoms with Crippen LogP contribution in [0.15, 0.2) is 48.5 Å². The topological polar surface area (TPSA) is 65.4 Å². The van der Waals surface area contributed by atoms with E-state index in [1.807, 2.05) is 6.07 Å². The third kappa shape index (κ3) is 6.11. The van der Waals surface area contributed by atoms with Gasteiger partial charge in [0.15, 0.2) is 0 Å². The number of ether oxygens (including phenoxy) is 2. The lowest BCUT2D eigenvalue weighted by Gasteiger charge is -2.42. The molecule has 4 rings (SSSR count). The summed E-state index contributed by atoms with van der Waals surface area (Å²) in [5.74, 6) is 0.370. The Balaban J connectivity index is 1.33. The summed E-state index contributed by atoms with van der Waals surface area (Å²) in [6, 6.07) is 13.5. The van der Waals surface area contributed by atoms with Gasteiger partial charge >= 0.3 is 0 Å². The number of benzene rings is 2. The van der Waals surface area contributed by atoms with Crippen LogP contribution in [0.25, 0.3) is 0 Å². The average Bonchev–Trinajstić information content (AvgIpc) is 2.95. The van der Waals surface area contributed by atoms with E-state index in [0.717, 1.165) is 5.69 Å². The minimum atomic E-state index is -1.19. The van der Waals surface area contributed by atoms with Crippen molar-refractivity contribution in [1.29, 1.82) is 0 Å². The highest BCUT2D eigenvalue weighted by atomic mass is 35.5. The van der Waals surface area contributed by atoms with Gasteiger partial charge in [-0.25, -0.2) is 4.39 Å². The van der Waals surface area contributed by atoms with Gasteiger partial charge in [0.1, 0.15) is 23.8 Å². The van der Waals surface area contributed by atoms with Crippen molar-refractivity contribution in [2.45, 2.75) is 24.0 Å². The number of anilines is 1. The molecule has 0 unspecified atom stereocenters. The second-order valence-corrected chi connectivity index (χ2v) is 9.36. The van der Waals surface area contributed by atoms with E-state index in [9.17, 15) is 14.6 Å². The van der Waals surface area contributed by atoms with E-state index < -0.39 is 11.2 Å². The summed E-state index contributed by atoms with van der Waals surface area (Å²) in [5, 5.41) is 23.0. The summed E-state index contributed by atoms with van der Waals surface area (Å²) >= 11 is 5.91. The van der Waals surface area contributed by atoms with Gasteiger partial charge in [-0.3, -0.25) is 4.90 Å². The Labute approximate surface area is 193 Å². The second-order valence-electron chi connectivity index (χ2n) is 8.92. The molecule has 2 aromatic carbocycles. The van der Waals surface area contributed by atoms with Gasteiger partial charge in [-0.05, 0) is 55.3 Å². The maximum absolute atomic E-state index is 13.5. The van der Waals surface area contributed by atoms with Crippen molar-refractivity contribution in [3.8, 4) is 5.75 Å².